The molecule has 134 valence electrons. The SMILES string of the molecule is CC(=O)NC1Cc2ccccc2C1c1ccc(C(=O)C[N+](=O)[O-])c(Cl)c1. The van der Waals surface area contributed by atoms with E-state index in [0.717, 1.165) is 16.7 Å². The Morgan fingerprint density at radius 3 is 2.65 bits per heavy atom. The second-order valence-electron chi connectivity index (χ2n) is 6.34. The summed E-state index contributed by atoms with van der Waals surface area (Å²) in [6, 6.07) is 12.8. The van der Waals surface area contributed by atoms with E-state index in [1.54, 1.807) is 12.1 Å². The number of carbonyl (C=O) groups excluding carboxylic acids is 2. The highest BCUT2D eigenvalue weighted by molar-refractivity contribution is 6.34. The van der Waals surface area contributed by atoms with Gasteiger partial charge in [-0.2, -0.15) is 0 Å². The maximum atomic E-state index is 11.9. The second-order valence-corrected chi connectivity index (χ2v) is 6.75. The number of benzene rings is 2. The van der Waals surface area contributed by atoms with Gasteiger partial charge in [0.05, 0.1) is 5.02 Å². The molecule has 0 aliphatic heterocycles. The molecule has 3 rings (SSSR count). The number of fused-ring (bicyclic) bond motifs is 1. The van der Waals surface area contributed by atoms with E-state index in [1.165, 1.54) is 13.0 Å². The number of halogens is 1. The Bertz CT molecular complexity index is 897. The molecule has 0 spiro atoms. The van der Waals surface area contributed by atoms with Gasteiger partial charge in [-0.05, 0) is 35.2 Å². The highest BCUT2D eigenvalue weighted by Gasteiger charge is 2.34. The van der Waals surface area contributed by atoms with E-state index in [-0.39, 0.29) is 28.5 Å². The van der Waals surface area contributed by atoms with Gasteiger partial charge in [-0.15, -0.1) is 0 Å². The van der Waals surface area contributed by atoms with Crippen molar-refractivity contribution in [2.24, 2.45) is 0 Å². The van der Waals surface area contributed by atoms with Gasteiger partial charge in [-0.1, -0.05) is 41.9 Å². The van der Waals surface area contributed by atoms with Crippen molar-refractivity contribution in [1.29, 1.82) is 0 Å². The van der Waals surface area contributed by atoms with Crippen LogP contribution in [0.5, 0.6) is 0 Å². The predicted octanol–water partition coefficient (Wildman–Crippen LogP) is 2.99. The molecule has 1 aliphatic carbocycles. The quantitative estimate of drug-likeness (QED) is 0.496. The predicted molar refractivity (Wildman–Crippen MR) is 97.2 cm³/mol. The summed E-state index contributed by atoms with van der Waals surface area (Å²) in [5.41, 5.74) is 3.25. The van der Waals surface area contributed by atoms with Crippen LogP contribution >= 0.6 is 11.6 Å². The molecule has 2 aromatic carbocycles. The minimum Gasteiger partial charge on any atom is -0.352 e. The van der Waals surface area contributed by atoms with Crippen molar-refractivity contribution < 1.29 is 14.5 Å². The number of nitro groups is 1. The lowest BCUT2D eigenvalue weighted by Gasteiger charge is -2.22. The lowest BCUT2D eigenvalue weighted by molar-refractivity contribution is -0.465. The number of ketones is 1. The summed E-state index contributed by atoms with van der Waals surface area (Å²) in [5, 5.41) is 13.7. The zero-order valence-electron chi connectivity index (χ0n) is 14.1. The van der Waals surface area contributed by atoms with Crippen molar-refractivity contribution in [3.05, 3.63) is 79.9 Å². The Morgan fingerprint density at radius 1 is 1.27 bits per heavy atom. The minimum atomic E-state index is -0.792. The van der Waals surface area contributed by atoms with Crippen LogP contribution < -0.4 is 5.32 Å². The zero-order chi connectivity index (χ0) is 18.8. The molecule has 0 aromatic heterocycles. The normalized spacial score (nSPS) is 18.2. The van der Waals surface area contributed by atoms with E-state index in [4.69, 9.17) is 11.6 Å². The largest absolute Gasteiger partial charge is 0.352 e. The van der Waals surface area contributed by atoms with Gasteiger partial charge in [0.25, 0.3) is 6.54 Å². The van der Waals surface area contributed by atoms with E-state index in [1.807, 2.05) is 24.3 Å². The van der Waals surface area contributed by atoms with E-state index >= 15 is 0 Å². The first kappa shape index (κ1) is 18.1. The molecule has 1 aliphatic rings. The molecule has 0 saturated carbocycles. The molecule has 2 aromatic rings. The molecule has 0 fully saturated rings. The van der Waals surface area contributed by atoms with Gasteiger partial charge >= 0.3 is 0 Å². The van der Waals surface area contributed by atoms with Gasteiger partial charge in [-0.3, -0.25) is 19.7 Å². The third-order valence-corrected chi connectivity index (χ3v) is 4.86. The Morgan fingerprint density at radius 2 is 2.00 bits per heavy atom. The molecule has 2 atom stereocenters. The maximum Gasteiger partial charge on any atom is 0.265 e. The van der Waals surface area contributed by atoms with Crippen LogP contribution in [0.15, 0.2) is 42.5 Å². The van der Waals surface area contributed by atoms with E-state index in [2.05, 4.69) is 5.32 Å². The summed E-state index contributed by atoms with van der Waals surface area (Å²) in [4.78, 5) is 33.4. The smallest absolute Gasteiger partial charge is 0.265 e. The molecule has 2 unspecified atom stereocenters. The summed E-state index contributed by atoms with van der Waals surface area (Å²) >= 11 is 6.24. The molecule has 7 heteroatoms. The van der Waals surface area contributed by atoms with Crippen molar-refractivity contribution in [2.75, 3.05) is 6.54 Å². The molecule has 0 radical (unpaired) electrons. The summed E-state index contributed by atoms with van der Waals surface area (Å²) in [6.07, 6.45) is 0.708. The number of carbonyl (C=O) groups is 2. The van der Waals surface area contributed by atoms with E-state index < -0.39 is 17.3 Å². The summed E-state index contributed by atoms with van der Waals surface area (Å²) < 4.78 is 0. The Kier molecular flexibility index (Phi) is 5.04. The highest BCUT2D eigenvalue weighted by Crippen LogP contribution is 2.39. The topological polar surface area (TPSA) is 89.3 Å². The molecule has 1 N–H and O–H groups in total. The third-order valence-electron chi connectivity index (χ3n) is 4.55. The van der Waals surface area contributed by atoms with E-state index in [0.29, 0.717) is 6.42 Å². The lowest BCUT2D eigenvalue weighted by Crippen LogP contribution is -2.36. The zero-order valence-corrected chi connectivity index (χ0v) is 14.8. The number of nitrogens with zero attached hydrogens (tertiary/aromatic N) is 1. The number of Topliss-reactive ketones (excluding diaryl/α,β-unsaturated/α-hetero) is 1. The standard InChI is InChI=1S/C19H17ClN2O4/c1-11(23)21-17-9-12-4-2-3-5-14(12)19(17)13-6-7-15(16(20)8-13)18(24)10-22(25)26/h2-8,17,19H,9-10H2,1H3,(H,21,23). The Hall–Kier alpha value is -2.73. The van der Waals surface area contributed by atoms with Crippen LogP contribution in [-0.4, -0.2) is 29.2 Å². The van der Waals surface area contributed by atoms with Gasteiger partial charge < -0.3 is 5.32 Å². The summed E-state index contributed by atoms with van der Waals surface area (Å²) in [5.74, 6) is -0.833. The van der Waals surface area contributed by atoms with Crippen molar-refractivity contribution >= 4 is 23.3 Å². The average molecular weight is 373 g/mol. The van der Waals surface area contributed by atoms with Crippen LogP contribution in [0.4, 0.5) is 0 Å². The minimum absolute atomic E-state index is 0.0905. The van der Waals surface area contributed by atoms with Gasteiger partial charge in [-0.25, -0.2) is 0 Å². The van der Waals surface area contributed by atoms with Gasteiger partial charge in [0.15, 0.2) is 0 Å². The number of nitrogens with one attached hydrogen (secondary N) is 1. The molecule has 26 heavy (non-hydrogen) atoms. The van der Waals surface area contributed by atoms with Crippen molar-refractivity contribution in [2.45, 2.75) is 25.3 Å². The Balaban J connectivity index is 1.98. The summed E-state index contributed by atoms with van der Waals surface area (Å²) in [6.45, 7) is 0.687. The lowest BCUT2D eigenvalue weighted by atomic mass is 9.89. The number of amides is 1. The van der Waals surface area contributed by atoms with Crippen molar-refractivity contribution in [3.63, 3.8) is 0 Å². The van der Waals surface area contributed by atoms with Gasteiger partial charge in [0, 0.05) is 29.4 Å². The number of hydrogen-bond acceptors (Lipinski definition) is 4. The van der Waals surface area contributed by atoms with Crippen molar-refractivity contribution in [1.82, 2.24) is 5.32 Å². The molecule has 0 bridgehead atoms. The van der Waals surface area contributed by atoms with E-state index in [9.17, 15) is 19.7 Å². The highest BCUT2D eigenvalue weighted by atomic mass is 35.5. The van der Waals surface area contributed by atoms with Gasteiger partial charge in [0.2, 0.25) is 11.7 Å². The third kappa shape index (κ3) is 3.60. The van der Waals surface area contributed by atoms with Crippen molar-refractivity contribution in [3.8, 4) is 0 Å². The van der Waals surface area contributed by atoms with Crippen LogP contribution in [0.1, 0.15) is 39.9 Å². The van der Waals surface area contributed by atoms with Crippen LogP contribution in [0.25, 0.3) is 0 Å². The molecular formula is C19H17ClN2O4. The molecule has 0 saturated heterocycles. The fraction of sp³-hybridized carbons (Fsp3) is 0.263. The first-order valence-corrected chi connectivity index (χ1v) is 8.54. The number of rotatable bonds is 5. The fourth-order valence-corrected chi connectivity index (χ4v) is 3.85. The van der Waals surface area contributed by atoms with Crippen LogP contribution in [-0.2, 0) is 11.2 Å². The maximum absolute atomic E-state index is 11.9. The molecule has 6 nitrogen and oxygen atoms in total. The molecule has 0 heterocycles. The number of hydrogen-bond donors (Lipinski definition) is 1. The van der Waals surface area contributed by atoms with Crippen LogP contribution in [0, 0.1) is 10.1 Å². The monoisotopic (exact) mass is 372 g/mol. The molecular weight excluding hydrogens is 356 g/mol. The molecule has 1 amide bonds. The fourth-order valence-electron chi connectivity index (χ4n) is 3.56. The van der Waals surface area contributed by atoms with Crippen LogP contribution in [0.3, 0.4) is 0 Å². The van der Waals surface area contributed by atoms with Crippen LogP contribution in [0.2, 0.25) is 5.02 Å². The first-order valence-electron chi connectivity index (χ1n) is 8.16. The first-order chi connectivity index (χ1) is 12.4. The Labute approximate surface area is 155 Å². The summed E-state index contributed by atoms with van der Waals surface area (Å²) in [7, 11) is 0. The average Bonchev–Trinajstić information content (AvgIpc) is 2.90. The van der Waals surface area contributed by atoms with Gasteiger partial charge in [0.1, 0.15) is 0 Å². The second kappa shape index (κ2) is 7.25.